The minimum atomic E-state index is -3.61. The molecule has 0 saturated carbocycles. The van der Waals surface area contributed by atoms with Crippen LogP contribution in [0.15, 0.2) is 16.5 Å². The number of hydrogen-bond donors (Lipinski definition) is 2. The molecule has 0 radical (unpaired) electrons. The highest BCUT2D eigenvalue weighted by Crippen LogP contribution is 2.28. The van der Waals surface area contributed by atoms with Gasteiger partial charge >= 0.3 is 0 Å². The molecule has 0 bridgehead atoms. The fourth-order valence-electron chi connectivity index (χ4n) is 2.17. The molecule has 0 atom stereocenters. The van der Waals surface area contributed by atoms with Gasteiger partial charge in [0.25, 0.3) is 0 Å². The van der Waals surface area contributed by atoms with Crippen molar-refractivity contribution in [3.8, 4) is 0 Å². The molecule has 0 unspecified atom stereocenters. The van der Waals surface area contributed by atoms with Crippen molar-refractivity contribution in [2.75, 3.05) is 5.73 Å². The molecule has 0 aliphatic heterocycles. The molecule has 1 aromatic heterocycles. The maximum Gasteiger partial charge on any atom is 0.241 e. The predicted molar refractivity (Wildman–Crippen MR) is 85.9 cm³/mol. The normalized spacial score (nSPS) is 11.8. The molecule has 0 spiro atoms. The summed E-state index contributed by atoms with van der Waals surface area (Å²) < 4.78 is 27.8. The number of nitrogens with zero attached hydrogens (tertiary/aromatic N) is 1. The van der Waals surface area contributed by atoms with Gasteiger partial charge in [0.05, 0.1) is 16.1 Å². The standard InChI is InChI=1S/C14H19N3O2S2/c1-8-5-12(15)10(3)14(9(8)2)21(18,19)17-6-13-11(4)16-7-20-13/h5,7,17H,6,15H2,1-4H3. The number of thiazole rings is 1. The number of benzene rings is 1. The summed E-state index contributed by atoms with van der Waals surface area (Å²) in [5.41, 5.74) is 11.1. The first-order valence-corrected chi connectivity index (χ1v) is 8.85. The Morgan fingerprint density at radius 3 is 2.48 bits per heavy atom. The summed E-state index contributed by atoms with van der Waals surface area (Å²) in [6.07, 6.45) is 0. The van der Waals surface area contributed by atoms with Crippen LogP contribution in [0.1, 0.15) is 27.3 Å². The Labute approximate surface area is 129 Å². The van der Waals surface area contributed by atoms with Crippen molar-refractivity contribution in [3.05, 3.63) is 38.8 Å². The largest absolute Gasteiger partial charge is 0.398 e. The van der Waals surface area contributed by atoms with E-state index >= 15 is 0 Å². The van der Waals surface area contributed by atoms with Gasteiger partial charge in [-0.05, 0) is 50.5 Å². The third-order valence-electron chi connectivity index (χ3n) is 3.61. The minimum absolute atomic E-state index is 0.242. The Bertz CT molecular complexity index is 754. The summed E-state index contributed by atoms with van der Waals surface area (Å²) >= 11 is 1.44. The van der Waals surface area contributed by atoms with E-state index in [1.165, 1.54) is 11.3 Å². The molecule has 0 amide bonds. The van der Waals surface area contributed by atoms with Crippen LogP contribution in [0.4, 0.5) is 5.69 Å². The van der Waals surface area contributed by atoms with Crippen LogP contribution < -0.4 is 10.5 Å². The number of nitrogens with two attached hydrogens (primary N) is 1. The van der Waals surface area contributed by atoms with Gasteiger partial charge in [-0.15, -0.1) is 11.3 Å². The summed E-state index contributed by atoms with van der Waals surface area (Å²) in [6, 6.07) is 1.80. The topological polar surface area (TPSA) is 85.1 Å². The van der Waals surface area contributed by atoms with Crippen molar-refractivity contribution in [2.24, 2.45) is 0 Å². The molecule has 114 valence electrons. The third-order valence-corrected chi connectivity index (χ3v) is 6.22. The first kappa shape index (κ1) is 15.9. The highest BCUT2D eigenvalue weighted by Gasteiger charge is 2.22. The summed E-state index contributed by atoms with van der Waals surface area (Å²) in [6.45, 7) is 7.49. The zero-order valence-corrected chi connectivity index (χ0v) is 14.2. The number of sulfonamides is 1. The molecule has 1 heterocycles. The van der Waals surface area contributed by atoms with Crippen LogP contribution in [-0.4, -0.2) is 13.4 Å². The smallest absolute Gasteiger partial charge is 0.241 e. The predicted octanol–water partition coefficient (Wildman–Crippen LogP) is 2.44. The molecule has 5 nitrogen and oxygen atoms in total. The fourth-order valence-corrected chi connectivity index (χ4v) is 4.54. The van der Waals surface area contributed by atoms with Crippen molar-refractivity contribution in [2.45, 2.75) is 39.1 Å². The number of nitrogen functional groups attached to an aromatic ring is 1. The minimum Gasteiger partial charge on any atom is -0.398 e. The van der Waals surface area contributed by atoms with E-state index in [0.29, 0.717) is 11.3 Å². The van der Waals surface area contributed by atoms with Crippen LogP contribution in [-0.2, 0) is 16.6 Å². The third kappa shape index (κ3) is 3.09. The molecule has 21 heavy (non-hydrogen) atoms. The Morgan fingerprint density at radius 2 is 1.90 bits per heavy atom. The van der Waals surface area contributed by atoms with E-state index < -0.39 is 10.0 Å². The molecule has 7 heteroatoms. The first-order valence-electron chi connectivity index (χ1n) is 6.49. The van der Waals surface area contributed by atoms with Crippen LogP contribution in [0.25, 0.3) is 0 Å². The van der Waals surface area contributed by atoms with Gasteiger partial charge in [0.2, 0.25) is 10.0 Å². The van der Waals surface area contributed by atoms with Crippen LogP contribution in [0.3, 0.4) is 0 Å². The van der Waals surface area contributed by atoms with Gasteiger partial charge in [-0.25, -0.2) is 18.1 Å². The lowest BCUT2D eigenvalue weighted by atomic mass is 10.1. The Hall–Kier alpha value is -1.44. The lowest BCUT2D eigenvalue weighted by Crippen LogP contribution is -2.25. The second-order valence-corrected chi connectivity index (χ2v) is 7.69. The molecule has 2 rings (SSSR count). The summed E-state index contributed by atoms with van der Waals surface area (Å²) in [4.78, 5) is 5.31. The van der Waals surface area contributed by atoms with Crippen LogP contribution >= 0.6 is 11.3 Å². The zero-order chi connectivity index (χ0) is 15.8. The number of anilines is 1. The molecule has 0 aliphatic carbocycles. The van der Waals surface area contributed by atoms with Gasteiger partial charge in [0.1, 0.15) is 0 Å². The van der Waals surface area contributed by atoms with E-state index in [1.54, 1.807) is 25.4 Å². The SMILES string of the molecule is Cc1cc(N)c(C)c(S(=O)(=O)NCc2scnc2C)c1C. The molecule has 2 aromatic rings. The monoisotopic (exact) mass is 325 g/mol. The summed E-state index contributed by atoms with van der Waals surface area (Å²) in [7, 11) is -3.61. The zero-order valence-electron chi connectivity index (χ0n) is 12.5. The number of hydrogen-bond acceptors (Lipinski definition) is 5. The second kappa shape index (κ2) is 5.75. The Morgan fingerprint density at radius 1 is 1.24 bits per heavy atom. The number of rotatable bonds is 4. The Balaban J connectivity index is 2.39. The number of aromatic nitrogens is 1. The number of aryl methyl sites for hydroxylation is 2. The van der Waals surface area contributed by atoms with Gasteiger partial charge < -0.3 is 5.73 Å². The van der Waals surface area contributed by atoms with E-state index in [2.05, 4.69) is 9.71 Å². The molecule has 3 N–H and O–H groups in total. The average molecular weight is 325 g/mol. The van der Waals surface area contributed by atoms with Crippen molar-refractivity contribution in [1.82, 2.24) is 9.71 Å². The van der Waals surface area contributed by atoms with Gasteiger partial charge in [0, 0.05) is 17.1 Å². The first-order chi connectivity index (χ1) is 9.74. The highest BCUT2D eigenvalue weighted by molar-refractivity contribution is 7.89. The van der Waals surface area contributed by atoms with E-state index in [-0.39, 0.29) is 11.4 Å². The van der Waals surface area contributed by atoms with Crippen molar-refractivity contribution in [3.63, 3.8) is 0 Å². The van der Waals surface area contributed by atoms with E-state index in [1.807, 2.05) is 13.8 Å². The van der Waals surface area contributed by atoms with Crippen LogP contribution in [0.5, 0.6) is 0 Å². The van der Waals surface area contributed by atoms with Gasteiger partial charge in [-0.2, -0.15) is 0 Å². The van der Waals surface area contributed by atoms with Gasteiger partial charge in [0.15, 0.2) is 0 Å². The fraction of sp³-hybridized carbons (Fsp3) is 0.357. The van der Waals surface area contributed by atoms with Gasteiger partial charge in [-0.1, -0.05) is 0 Å². The maximum atomic E-state index is 12.6. The molecule has 0 fully saturated rings. The lowest BCUT2D eigenvalue weighted by Gasteiger charge is -2.15. The molecule has 0 aliphatic rings. The van der Waals surface area contributed by atoms with E-state index in [0.717, 1.165) is 21.7 Å². The van der Waals surface area contributed by atoms with E-state index in [4.69, 9.17) is 5.73 Å². The van der Waals surface area contributed by atoms with Crippen LogP contribution in [0, 0.1) is 27.7 Å². The average Bonchev–Trinajstić information content (AvgIpc) is 2.80. The van der Waals surface area contributed by atoms with E-state index in [9.17, 15) is 8.42 Å². The molecular weight excluding hydrogens is 306 g/mol. The van der Waals surface area contributed by atoms with Crippen molar-refractivity contribution in [1.29, 1.82) is 0 Å². The van der Waals surface area contributed by atoms with Crippen molar-refractivity contribution < 1.29 is 8.42 Å². The quantitative estimate of drug-likeness (QED) is 0.846. The summed E-state index contributed by atoms with van der Waals surface area (Å²) in [5, 5.41) is 0. The van der Waals surface area contributed by atoms with Crippen molar-refractivity contribution >= 4 is 27.0 Å². The second-order valence-electron chi connectivity index (χ2n) is 5.05. The van der Waals surface area contributed by atoms with Crippen LogP contribution in [0.2, 0.25) is 0 Å². The molecule has 1 aromatic carbocycles. The maximum absolute atomic E-state index is 12.6. The highest BCUT2D eigenvalue weighted by atomic mass is 32.2. The number of nitrogens with one attached hydrogen (secondary N) is 1. The lowest BCUT2D eigenvalue weighted by molar-refractivity contribution is 0.580. The Kier molecular flexibility index (Phi) is 4.36. The molecular formula is C14H19N3O2S2. The summed E-state index contributed by atoms with van der Waals surface area (Å²) in [5.74, 6) is 0. The van der Waals surface area contributed by atoms with Gasteiger partial charge in [-0.3, -0.25) is 0 Å². The molecule has 0 saturated heterocycles.